The van der Waals surface area contributed by atoms with Crippen molar-refractivity contribution in [3.05, 3.63) is 144 Å². The van der Waals surface area contributed by atoms with Crippen LogP contribution in [0.3, 0.4) is 0 Å². The predicted octanol–water partition coefficient (Wildman–Crippen LogP) is 12.3. The van der Waals surface area contributed by atoms with E-state index in [9.17, 15) is 9.65 Å². The monoisotopic (exact) mass is 657 g/mol. The molecule has 0 aliphatic rings. The van der Waals surface area contributed by atoms with Crippen molar-refractivity contribution in [2.24, 2.45) is 0 Å². The smallest absolute Gasteiger partial charge is 0.131 e. The summed E-state index contributed by atoms with van der Waals surface area (Å²) in [4.78, 5) is 0. The molecule has 246 valence electrons. The van der Waals surface area contributed by atoms with Crippen molar-refractivity contribution in [2.75, 3.05) is 0 Å². The predicted molar refractivity (Wildman–Crippen MR) is 203 cm³/mol. The standard InChI is InChI=1S/C45H37F2N3/c1-44(2,3)28-15-19-40-34(23-28)31-11-7-9-13-38(31)49(40)42-21-27(33-25-30(46)17-18-37(33)47)22-43(36(42)26-48)50-39-14-10-8-12-32(39)35-24-29(45(4,5)6)16-20-41(35)50/h7-25H,1-6H3. The van der Waals surface area contributed by atoms with Crippen molar-refractivity contribution in [2.45, 2.75) is 52.4 Å². The third-order valence-corrected chi connectivity index (χ3v) is 10.0. The van der Waals surface area contributed by atoms with E-state index in [0.717, 1.165) is 55.7 Å². The van der Waals surface area contributed by atoms with Crippen LogP contribution in [0.5, 0.6) is 0 Å². The summed E-state index contributed by atoms with van der Waals surface area (Å²) in [6.07, 6.45) is 0. The first-order chi connectivity index (χ1) is 23.8. The van der Waals surface area contributed by atoms with Crippen LogP contribution in [0.25, 0.3) is 66.1 Å². The Kier molecular flexibility index (Phi) is 7.03. The maximum Gasteiger partial charge on any atom is 0.131 e. The average Bonchev–Trinajstić information content (AvgIpc) is 3.60. The number of fused-ring (bicyclic) bond motifs is 6. The van der Waals surface area contributed by atoms with E-state index in [1.807, 2.05) is 36.4 Å². The van der Waals surface area contributed by atoms with Gasteiger partial charge in [-0.25, -0.2) is 8.78 Å². The van der Waals surface area contributed by atoms with E-state index in [1.165, 1.54) is 17.2 Å². The largest absolute Gasteiger partial charge is 0.308 e. The lowest BCUT2D eigenvalue weighted by Crippen LogP contribution is -2.11. The molecule has 0 spiro atoms. The van der Waals surface area contributed by atoms with Crippen LogP contribution in [0.15, 0.2) is 115 Å². The van der Waals surface area contributed by atoms with Crippen LogP contribution in [-0.2, 0) is 10.8 Å². The fraction of sp³-hybridized carbons (Fsp3) is 0.178. The summed E-state index contributed by atoms with van der Waals surface area (Å²) >= 11 is 0. The number of nitriles is 1. The zero-order valence-corrected chi connectivity index (χ0v) is 29.1. The molecule has 2 heterocycles. The highest BCUT2D eigenvalue weighted by molar-refractivity contribution is 6.11. The highest BCUT2D eigenvalue weighted by Crippen LogP contribution is 2.42. The van der Waals surface area contributed by atoms with Crippen LogP contribution in [0.1, 0.15) is 58.2 Å². The normalized spacial score (nSPS) is 12.4. The minimum Gasteiger partial charge on any atom is -0.308 e. The van der Waals surface area contributed by atoms with Gasteiger partial charge in [-0.3, -0.25) is 0 Å². The maximum absolute atomic E-state index is 15.7. The van der Waals surface area contributed by atoms with Gasteiger partial charge in [-0.05, 0) is 94.3 Å². The molecule has 0 aliphatic carbocycles. The third kappa shape index (κ3) is 4.90. The first-order valence-electron chi connectivity index (χ1n) is 17.0. The Hall–Kier alpha value is -5.73. The number of nitrogens with zero attached hydrogens (tertiary/aromatic N) is 3. The van der Waals surface area contributed by atoms with Gasteiger partial charge in [0, 0.05) is 27.1 Å². The van der Waals surface area contributed by atoms with Gasteiger partial charge in [0.15, 0.2) is 0 Å². The summed E-state index contributed by atoms with van der Waals surface area (Å²) in [5.74, 6) is -1.07. The molecule has 2 aromatic heterocycles. The summed E-state index contributed by atoms with van der Waals surface area (Å²) < 4.78 is 34.7. The molecule has 0 saturated heterocycles. The van der Waals surface area contributed by atoms with Gasteiger partial charge in [-0.1, -0.05) is 90.1 Å². The van der Waals surface area contributed by atoms with Crippen molar-refractivity contribution in [1.29, 1.82) is 5.26 Å². The molecule has 0 fully saturated rings. The molecule has 3 nitrogen and oxygen atoms in total. The molecule has 0 N–H and O–H groups in total. The fourth-order valence-corrected chi connectivity index (χ4v) is 7.35. The number of benzene rings is 6. The van der Waals surface area contributed by atoms with Crippen molar-refractivity contribution in [3.8, 4) is 28.6 Å². The van der Waals surface area contributed by atoms with Gasteiger partial charge in [-0.15, -0.1) is 0 Å². The van der Waals surface area contributed by atoms with Crippen LogP contribution in [0, 0.1) is 23.0 Å². The van der Waals surface area contributed by atoms with Crippen LogP contribution in [-0.4, -0.2) is 9.13 Å². The molecule has 0 aliphatic heterocycles. The highest BCUT2D eigenvalue weighted by atomic mass is 19.1. The van der Waals surface area contributed by atoms with Gasteiger partial charge in [0.05, 0.1) is 33.4 Å². The van der Waals surface area contributed by atoms with Crippen molar-refractivity contribution < 1.29 is 8.78 Å². The summed E-state index contributed by atoms with van der Waals surface area (Å²) in [5.41, 5.74) is 8.17. The summed E-state index contributed by atoms with van der Waals surface area (Å²) in [7, 11) is 0. The van der Waals surface area contributed by atoms with E-state index in [1.54, 1.807) is 0 Å². The highest BCUT2D eigenvalue weighted by Gasteiger charge is 2.25. The van der Waals surface area contributed by atoms with Crippen molar-refractivity contribution in [3.63, 3.8) is 0 Å². The first-order valence-corrected chi connectivity index (χ1v) is 17.0. The van der Waals surface area contributed by atoms with Gasteiger partial charge in [0.2, 0.25) is 0 Å². The minimum absolute atomic E-state index is 0.0689. The quantitative estimate of drug-likeness (QED) is 0.186. The number of aromatic nitrogens is 2. The van der Waals surface area contributed by atoms with Crippen molar-refractivity contribution in [1.82, 2.24) is 9.13 Å². The molecule has 0 atom stereocenters. The minimum atomic E-state index is -0.540. The van der Waals surface area contributed by atoms with E-state index >= 15 is 4.39 Å². The van der Waals surface area contributed by atoms with Crippen LogP contribution >= 0.6 is 0 Å². The zero-order chi connectivity index (χ0) is 35.1. The molecular formula is C45H37F2N3. The van der Waals surface area contributed by atoms with Gasteiger partial charge >= 0.3 is 0 Å². The second-order valence-electron chi connectivity index (χ2n) is 15.3. The third-order valence-electron chi connectivity index (χ3n) is 10.0. The van der Waals surface area contributed by atoms with E-state index in [4.69, 9.17) is 0 Å². The SMILES string of the molecule is CC(C)(C)c1ccc2c(c1)c1ccccc1n2-c1cc(-c2cc(F)ccc2F)cc(-n2c3ccccc3c3cc(C(C)(C)C)ccc32)c1C#N. The molecule has 50 heavy (non-hydrogen) atoms. The number of halogens is 2. The molecule has 5 heteroatoms. The number of hydrogen-bond donors (Lipinski definition) is 0. The second kappa shape index (κ2) is 11.1. The maximum atomic E-state index is 15.7. The number of rotatable bonds is 3. The van der Waals surface area contributed by atoms with Crippen LogP contribution < -0.4 is 0 Å². The Morgan fingerprint density at radius 3 is 1.44 bits per heavy atom. The molecule has 6 aromatic carbocycles. The second-order valence-corrected chi connectivity index (χ2v) is 15.3. The van der Waals surface area contributed by atoms with Crippen molar-refractivity contribution >= 4 is 43.6 Å². The number of hydrogen-bond acceptors (Lipinski definition) is 1. The van der Waals surface area contributed by atoms with Crippen LogP contribution in [0.2, 0.25) is 0 Å². The molecule has 0 bridgehead atoms. The Morgan fingerprint density at radius 2 is 0.980 bits per heavy atom. The Bertz CT molecular complexity index is 2550. The average molecular weight is 658 g/mol. The van der Waals surface area contributed by atoms with Crippen LogP contribution in [0.4, 0.5) is 8.78 Å². The molecule has 8 aromatic rings. The summed E-state index contributed by atoms with van der Waals surface area (Å²) in [6.45, 7) is 13.2. The van der Waals surface area contributed by atoms with E-state index < -0.39 is 11.6 Å². The van der Waals surface area contributed by atoms with Gasteiger partial charge < -0.3 is 9.13 Å². The summed E-state index contributed by atoms with van der Waals surface area (Å²) in [5, 5.41) is 15.4. The molecule has 0 unspecified atom stereocenters. The molecular weight excluding hydrogens is 621 g/mol. The molecule has 8 rings (SSSR count). The molecule has 0 saturated carbocycles. The zero-order valence-electron chi connectivity index (χ0n) is 29.1. The van der Waals surface area contributed by atoms with Gasteiger partial charge in [-0.2, -0.15) is 5.26 Å². The Labute approximate surface area is 290 Å². The lowest BCUT2D eigenvalue weighted by atomic mass is 9.86. The fourth-order valence-electron chi connectivity index (χ4n) is 7.35. The Morgan fingerprint density at radius 1 is 0.520 bits per heavy atom. The van der Waals surface area contributed by atoms with E-state index in [-0.39, 0.29) is 16.4 Å². The summed E-state index contributed by atoms with van der Waals surface area (Å²) in [6, 6.07) is 39.0. The van der Waals surface area contributed by atoms with E-state index in [0.29, 0.717) is 22.5 Å². The Balaban J connectivity index is 1.54. The molecule has 0 radical (unpaired) electrons. The topological polar surface area (TPSA) is 33.6 Å². The van der Waals surface area contributed by atoms with E-state index in [2.05, 4.69) is 117 Å². The first kappa shape index (κ1) is 31.5. The lowest BCUT2D eigenvalue weighted by molar-refractivity contribution is 0.591. The molecule has 0 amide bonds. The van der Waals surface area contributed by atoms with Gasteiger partial charge in [0.25, 0.3) is 0 Å². The van der Waals surface area contributed by atoms with Gasteiger partial charge in [0.1, 0.15) is 23.3 Å². The number of para-hydroxylation sites is 2. The lowest BCUT2D eigenvalue weighted by Gasteiger charge is -2.21.